The van der Waals surface area contributed by atoms with Gasteiger partial charge in [0, 0.05) is 38.6 Å². The van der Waals surface area contributed by atoms with Crippen molar-refractivity contribution in [1.29, 1.82) is 0 Å². The molecule has 0 radical (unpaired) electrons. The van der Waals surface area contributed by atoms with Gasteiger partial charge in [0.1, 0.15) is 0 Å². The van der Waals surface area contributed by atoms with Crippen LogP contribution >= 0.6 is 0 Å². The number of nitrogens with zero attached hydrogens (tertiary/aromatic N) is 3. The van der Waals surface area contributed by atoms with E-state index in [0.717, 1.165) is 51.3 Å². The molecule has 2 N–H and O–H groups in total. The van der Waals surface area contributed by atoms with Crippen molar-refractivity contribution in [3.05, 3.63) is 0 Å². The van der Waals surface area contributed by atoms with Crippen molar-refractivity contribution >= 4 is 11.9 Å². The molecule has 0 aromatic heterocycles. The minimum Gasteiger partial charge on any atom is -0.356 e. The number of amides is 1. The van der Waals surface area contributed by atoms with E-state index in [-0.39, 0.29) is 5.92 Å². The molecule has 3 aliphatic rings. The summed E-state index contributed by atoms with van der Waals surface area (Å²) in [6.07, 6.45) is 10.8. The van der Waals surface area contributed by atoms with Gasteiger partial charge in [-0.3, -0.25) is 9.79 Å². The van der Waals surface area contributed by atoms with Crippen LogP contribution in [0.15, 0.2) is 4.99 Å². The van der Waals surface area contributed by atoms with Gasteiger partial charge in [0.25, 0.3) is 0 Å². The molecule has 148 valence electrons. The van der Waals surface area contributed by atoms with Crippen molar-refractivity contribution in [2.45, 2.75) is 63.8 Å². The van der Waals surface area contributed by atoms with Gasteiger partial charge in [0.15, 0.2) is 5.96 Å². The number of carbonyl (C=O) groups excluding carboxylic acids is 1. The van der Waals surface area contributed by atoms with E-state index in [9.17, 15) is 4.79 Å². The lowest BCUT2D eigenvalue weighted by Gasteiger charge is -2.26. The van der Waals surface area contributed by atoms with E-state index in [4.69, 9.17) is 0 Å². The molecule has 6 heteroatoms. The monoisotopic (exact) mass is 363 g/mol. The van der Waals surface area contributed by atoms with Crippen LogP contribution in [0.25, 0.3) is 0 Å². The van der Waals surface area contributed by atoms with E-state index in [1.165, 1.54) is 51.7 Å². The Morgan fingerprint density at radius 2 is 1.81 bits per heavy atom. The Labute approximate surface area is 158 Å². The van der Waals surface area contributed by atoms with Crippen LogP contribution in [0, 0.1) is 5.92 Å². The van der Waals surface area contributed by atoms with E-state index in [1.54, 1.807) is 0 Å². The van der Waals surface area contributed by atoms with Crippen molar-refractivity contribution in [1.82, 2.24) is 20.4 Å². The fraction of sp³-hybridized carbons (Fsp3) is 0.900. The second-order valence-corrected chi connectivity index (χ2v) is 8.15. The molecule has 26 heavy (non-hydrogen) atoms. The Balaban J connectivity index is 1.34. The van der Waals surface area contributed by atoms with Gasteiger partial charge >= 0.3 is 0 Å². The summed E-state index contributed by atoms with van der Waals surface area (Å²) in [5, 5.41) is 6.95. The molecule has 2 saturated heterocycles. The third kappa shape index (κ3) is 5.60. The molecule has 2 heterocycles. The number of carbonyl (C=O) groups is 1. The summed E-state index contributed by atoms with van der Waals surface area (Å²) in [6, 6.07) is 0.326. The lowest BCUT2D eigenvalue weighted by atomic mass is 9.88. The van der Waals surface area contributed by atoms with Crippen LogP contribution in [0.3, 0.4) is 0 Å². The van der Waals surface area contributed by atoms with Crippen LogP contribution in [0.1, 0.15) is 57.8 Å². The topological polar surface area (TPSA) is 60.0 Å². The zero-order valence-electron chi connectivity index (χ0n) is 16.5. The predicted octanol–water partition coefficient (Wildman–Crippen LogP) is 1.82. The third-order valence-electron chi connectivity index (χ3n) is 6.16. The summed E-state index contributed by atoms with van der Waals surface area (Å²) in [7, 11) is 1.83. The van der Waals surface area contributed by atoms with Crippen LogP contribution in [0.4, 0.5) is 0 Å². The Hall–Kier alpha value is -1.30. The summed E-state index contributed by atoms with van der Waals surface area (Å²) in [5.74, 6) is 1.55. The van der Waals surface area contributed by atoms with Gasteiger partial charge in [-0.05, 0) is 58.2 Å². The average molecular weight is 364 g/mol. The van der Waals surface area contributed by atoms with Gasteiger partial charge in [0.05, 0.1) is 0 Å². The van der Waals surface area contributed by atoms with Crippen LogP contribution in [0.2, 0.25) is 0 Å². The largest absolute Gasteiger partial charge is 0.356 e. The molecule has 0 spiro atoms. The normalized spacial score (nSPS) is 25.7. The van der Waals surface area contributed by atoms with Crippen LogP contribution in [-0.4, -0.2) is 74.0 Å². The molecule has 0 aromatic rings. The highest BCUT2D eigenvalue weighted by Gasteiger charge is 2.31. The van der Waals surface area contributed by atoms with Gasteiger partial charge in [-0.15, -0.1) is 0 Å². The fourth-order valence-electron chi connectivity index (χ4n) is 4.59. The van der Waals surface area contributed by atoms with Gasteiger partial charge in [-0.2, -0.15) is 0 Å². The maximum atomic E-state index is 12.7. The molecule has 6 nitrogen and oxygen atoms in total. The number of hydrogen-bond donors (Lipinski definition) is 2. The van der Waals surface area contributed by atoms with Crippen molar-refractivity contribution in [3.63, 3.8) is 0 Å². The Bertz CT molecular complexity index is 469. The fourth-order valence-corrected chi connectivity index (χ4v) is 4.59. The molecular weight excluding hydrogens is 326 g/mol. The second-order valence-electron chi connectivity index (χ2n) is 8.15. The number of aliphatic imine (C=N–C) groups is 1. The van der Waals surface area contributed by atoms with Gasteiger partial charge < -0.3 is 20.4 Å². The molecule has 1 atom stereocenters. The lowest BCUT2D eigenvalue weighted by Crippen LogP contribution is -2.46. The van der Waals surface area contributed by atoms with Gasteiger partial charge in [-0.25, -0.2) is 0 Å². The number of guanidine groups is 1. The van der Waals surface area contributed by atoms with E-state index >= 15 is 0 Å². The number of hydrogen-bond acceptors (Lipinski definition) is 3. The maximum absolute atomic E-state index is 12.7. The minimum atomic E-state index is 0.283. The molecule has 0 aromatic carbocycles. The van der Waals surface area contributed by atoms with Crippen molar-refractivity contribution < 1.29 is 4.79 Å². The molecule has 3 fully saturated rings. The Morgan fingerprint density at radius 1 is 1.04 bits per heavy atom. The Morgan fingerprint density at radius 3 is 2.54 bits per heavy atom. The molecule has 3 rings (SSSR count). The van der Waals surface area contributed by atoms with E-state index in [0.29, 0.717) is 11.9 Å². The molecule has 2 aliphatic heterocycles. The zero-order valence-corrected chi connectivity index (χ0v) is 16.5. The maximum Gasteiger partial charge on any atom is 0.225 e. The SMILES string of the molecule is CN=C(NCCCN1CCCC1)NC1CCN(C(=O)C2CCCCC2)C1. The minimum absolute atomic E-state index is 0.283. The molecule has 1 aliphatic carbocycles. The first kappa shape index (κ1) is 19.5. The average Bonchev–Trinajstić information content (AvgIpc) is 3.36. The van der Waals surface area contributed by atoms with E-state index in [1.807, 2.05) is 7.05 Å². The predicted molar refractivity (Wildman–Crippen MR) is 106 cm³/mol. The smallest absolute Gasteiger partial charge is 0.225 e. The molecule has 1 unspecified atom stereocenters. The van der Waals surface area contributed by atoms with Crippen LogP contribution in [-0.2, 0) is 4.79 Å². The van der Waals surface area contributed by atoms with Crippen molar-refractivity contribution in [3.8, 4) is 0 Å². The van der Waals surface area contributed by atoms with E-state index < -0.39 is 0 Å². The molecule has 0 bridgehead atoms. The number of rotatable bonds is 6. The van der Waals surface area contributed by atoms with Crippen LogP contribution < -0.4 is 10.6 Å². The standard InChI is InChI=1S/C20H37N5O/c1-21-20(22-11-7-14-24-12-5-6-13-24)23-18-10-15-25(16-18)19(26)17-8-3-2-4-9-17/h17-18H,2-16H2,1H3,(H2,21,22,23). The van der Waals surface area contributed by atoms with Gasteiger partial charge in [0.2, 0.25) is 5.91 Å². The number of likely N-dealkylation sites (tertiary alicyclic amines) is 2. The summed E-state index contributed by atoms with van der Waals surface area (Å²) in [4.78, 5) is 21.7. The summed E-state index contributed by atoms with van der Waals surface area (Å²) >= 11 is 0. The van der Waals surface area contributed by atoms with Crippen LogP contribution in [0.5, 0.6) is 0 Å². The quantitative estimate of drug-likeness (QED) is 0.429. The first-order valence-corrected chi connectivity index (χ1v) is 10.7. The Kier molecular flexibility index (Phi) is 7.59. The van der Waals surface area contributed by atoms with Crippen molar-refractivity contribution in [2.75, 3.05) is 46.3 Å². The zero-order chi connectivity index (χ0) is 18.2. The van der Waals surface area contributed by atoms with Crippen molar-refractivity contribution in [2.24, 2.45) is 10.9 Å². The first-order chi connectivity index (χ1) is 12.8. The summed E-state index contributed by atoms with van der Waals surface area (Å²) < 4.78 is 0. The van der Waals surface area contributed by atoms with E-state index in [2.05, 4.69) is 25.4 Å². The summed E-state index contributed by atoms with van der Waals surface area (Å²) in [5.41, 5.74) is 0. The lowest BCUT2D eigenvalue weighted by molar-refractivity contribution is -0.135. The molecule has 1 amide bonds. The molecular formula is C20H37N5O. The number of nitrogens with one attached hydrogen (secondary N) is 2. The third-order valence-corrected chi connectivity index (χ3v) is 6.16. The van der Waals surface area contributed by atoms with Gasteiger partial charge in [-0.1, -0.05) is 19.3 Å². The first-order valence-electron chi connectivity index (χ1n) is 10.7. The highest BCUT2D eigenvalue weighted by molar-refractivity contribution is 5.81. The second kappa shape index (κ2) is 10.1. The highest BCUT2D eigenvalue weighted by atomic mass is 16.2. The molecule has 1 saturated carbocycles. The summed E-state index contributed by atoms with van der Waals surface area (Å²) in [6.45, 7) is 6.37. The highest BCUT2D eigenvalue weighted by Crippen LogP contribution is 2.26.